The Morgan fingerprint density at radius 2 is 0.455 bits per heavy atom. The molecule has 12 aromatic carbocycles. The van der Waals surface area contributed by atoms with Gasteiger partial charge in [0.2, 0.25) is 0 Å². The van der Waals surface area contributed by atoms with Crippen molar-refractivity contribution in [2.24, 2.45) is 0 Å². The highest BCUT2D eigenvalue weighted by molar-refractivity contribution is 6.22. The molecule has 0 nitrogen and oxygen atoms in total. The fraction of sp³-hybridized carbons (Fsp3) is 0. The third-order valence-electron chi connectivity index (χ3n) is 13.3. The summed E-state index contributed by atoms with van der Waals surface area (Å²) in [6.45, 7) is 0. The van der Waals surface area contributed by atoms with Gasteiger partial charge in [0.25, 0.3) is 0 Å². The second-order valence-corrected chi connectivity index (χ2v) is 17.2. The summed E-state index contributed by atoms with van der Waals surface area (Å²) in [4.78, 5) is 0. The highest BCUT2D eigenvalue weighted by atomic mass is 14.2. The lowest BCUT2D eigenvalue weighted by Gasteiger charge is -2.19. The molecule has 0 radical (unpaired) electrons. The van der Waals surface area contributed by atoms with Crippen LogP contribution in [0.4, 0.5) is 0 Å². The lowest BCUT2D eigenvalue weighted by Crippen LogP contribution is -1.92. The van der Waals surface area contributed by atoms with Crippen LogP contribution in [0.5, 0.6) is 0 Å². The third-order valence-corrected chi connectivity index (χ3v) is 13.3. The van der Waals surface area contributed by atoms with Crippen LogP contribution in [0, 0.1) is 0 Å². The van der Waals surface area contributed by atoms with Crippen molar-refractivity contribution in [1.29, 1.82) is 0 Å². The minimum atomic E-state index is 1.17. The summed E-state index contributed by atoms with van der Waals surface area (Å²) in [5.74, 6) is 0. The molecular formula is C66H44. The molecule has 0 aliphatic carbocycles. The van der Waals surface area contributed by atoms with Gasteiger partial charge in [-0.25, -0.2) is 0 Å². The number of rotatable bonds is 8. The van der Waals surface area contributed by atoms with Crippen LogP contribution in [0.2, 0.25) is 0 Å². The highest BCUT2D eigenvalue weighted by Crippen LogP contribution is 2.46. The zero-order valence-electron chi connectivity index (χ0n) is 36.4. The maximum Gasteiger partial charge on any atom is -0.00259 e. The van der Waals surface area contributed by atoms with E-state index < -0.39 is 0 Å². The Morgan fingerprint density at radius 3 is 0.894 bits per heavy atom. The van der Waals surface area contributed by atoms with E-state index in [1.807, 2.05) is 0 Å². The van der Waals surface area contributed by atoms with Gasteiger partial charge in [-0.15, -0.1) is 0 Å². The highest BCUT2D eigenvalue weighted by Gasteiger charge is 2.19. The lowest BCUT2D eigenvalue weighted by atomic mass is 9.84. The van der Waals surface area contributed by atoms with Crippen molar-refractivity contribution >= 4 is 32.3 Å². The monoisotopic (exact) mass is 836 g/mol. The Morgan fingerprint density at radius 1 is 0.152 bits per heavy atom. The summed E-state index contributed by atoms with van der Waals surface area (Å²) in [7, 11) is 0. The molecule has 308 valence electrons. The SMILES string of the molecule is c1ccc(-c2ccccc2-c2ccc(-c3cc(-c4ccc(-c5ccccc5-c5ccccc5)cc4)cc(-c4c5ccccc5c(-c5ccc6ccccc6c5)c5ccccc45)c3)cc2)cc1. The van der Waals surface area contributed by atoms with Gasteiger partial charge >= 0.3 is 0 Å². The fourth-order valence-electron chi connectivity index (χ4n) is 10.1. The Hall–Kier alpha value is -8.58. The number of benzene rings is 12. The minimum Gasteiger partial charge on any atom is -0.0622 e. The van der Waals surface area contributed by atoms with Gasteiger partial charge in [-0.1, -0.05) is 243 Å². The van der Waals surface area contributed by atoms with Gasteiger partial charge in [0.1, 0.15) is 0 Å². The predicted octanol–water partition coefficient (Wildman–Crippen LogP) is 18.5. The third kappa shape index (κ3) is 7.16. The predicted molar refractivity (Wildman–Crippen MR) is 282 cm³/mol. The molecule has 0 unspecified atom stereocenters. The average molecular weight is 837 g/mol. The molecule has 0 atom stereocenters. The Bertz CT molecular complexity index is 3510. The van der Waals surface area contributed by atoms with Crippen LogP contribution in [-0.4, -0.2) is 0 Å². The zero-order valence-corrected chi connectivity index (χ0v) is 36.4. The molecule has 0 fully saturated rings. The van der Waals surface area contributed by atoms with Crippen molar-refractivity contribution < 1.29 is 0 Å². The Kier molecular flexibility index (Phi) is 9.97. The van der Waals surface area contributed by atoms with E-state index in [2.05, 4.69) is 267 Å². The molecule has 0 saturated carbocycles. The molecule has 0 amide bonds. The standard InChI is InChI=1S/C66H44/c1-3-18-48(19-4-1)57-23-9-11-25-59(57)50-36-31-46(32-37-50)54-42-55(47-33-38-51(39-34-47)60-26-12-10-24-58(60)49-20-5-2-6-21-49)44-56(43-54)66-63-29-15-13-27-61(63)65(62-28-14-16-30-64(62)66)53-40-35-45-17-7-8-22-52(45)41-53/h1-44H. The molecule has 0 N–H and O–H groups in total. The van der Waals surface area contributed by atoms with E-state index in [1.165, 1.54) is 121 Å². The molecule has 0 aliphatic heterocycles. The average Bonchev–Trinajstić information content (AvgIpc) is 3.40. The van der Waals surface area contributed by atoms with Gasteiger partial charge in [0, 0.05) is 0 Å². The summed E-state index contributed by atoms with van der Waals surface area (Å²) in [5, 5.41) is 7.46. The van der Waals surface area contributed by atoms with Crippen LogP contribution >= 0.6 is 0 Å². The van der Waals surface area contributed by atoms with Crippen molar-refractivity contribution in [3.8, 4) is 89.0 Å². The molecule has 0 heteroatoms. The van der Waals surface area contributed by atoms with E-state index in [-0.39, 0.29) is 0 Å². The van der Waals surface area contributed by atoms with Gasteiger partial charge in [-0.3, -0.25) is 0 Å². The number of hydrogen-bond acceptors (Lipinski definition) is 0. The molecule has 0 aromatic heterocycles. The van der Waals surface area contributed by atoms with Gasteiger partial charge in [-0.2, -0.15) is 0 Å². The molecule has 0 bridgehead atoms. The summed E-state index contributed by atoms with van der Waals surface area (Å²) < 4.78 is 0. The maximum absolute atomic E-state index is 2.41. The molecule has 0 aliphatic rings. The first-order chi connectivity index (χ1) is 32.7. The van der Waals surface area contributed by atoms with Crippen molar-refractivity contribution in [3.63, 3.8) is 0 Å². The van der Waals surface area contributed by atoms with Crippen LogP contribution in [0.25, 0.3) is 121 Å². The first-order valence-electron chi connectivity index (χ1n) is 22.8. The number of fused-ring (bicyclic) bond motifs is 3. The van der Waals surface area contributed by atoms with E-state index in [4.69, 9.17) is 0 Å². The molecule has 0 saturated heterocycles. The second kappa shape index (κ2) is 16.8. The summed E-state index contributed by atoms with van der Waals surface area (Å²) >= 11 is 0. The molecule has 0 heterocycles. The fourth-order valence-corrected chi connectivity index (χ4v) is 10.1. The molecular weight excluding hydrogens is 793 g/mol. The van der Waals surface area contributed by atoms with E-state index in [0.717, 1.165) is 0 Å². The maximum atomic E-state index is 2.41. The van der Waals surface area contributed by atoms with Gasteiger partial charge < -0.3 is 0 Å². The van der Waals surface area contributed by atoms with Gasteiger partial charge in [0.15, 0.2) is 0 Å². The van der Waals surface area contributed by atoms with Crippen LogP contribution < -0.4 is 0 Å². The molecule has 0 spiro atoms. The van der Waals surface area contributed by atoms with E-state index in [9.17, 15) is 0 Å². The van der Waals surface area contributed by atoms with Gasteiger partial charge in [-0.05, 0) is 146 Å². The quantitative estimate of drug-likeness (QED) is 0.134. The van der Waals surface area contributed by atoms with Crippen molar-refractivity contribution in [1.82, 2.24) is 0 Å². The Labute approximate surface area is 386 Å². The molecule has 66 heavy (non-hydrogen) atoms. The summed E-state index contributed by atoms with van der Waals surface area (Å²) in [6.07, 6.45) is 0. The van der Waals surface area contributed by atoms with Crippen molar-refractivity contribution in [3.05, 3.63) is 267 Å². The first kappa shape index (κ1) is 39.0. The largest absolute Gasteiger partial charge is 0.0622 e. The first-order valence-corrected chi connectivity index (χ1v) is 22.8. The normalized spacial score (nSPS) is 11.3. The van der Waals surface area contributed by atoms with Crippen molar-refractivity contribution in [2.45, 2.75) is 0 Å². The second-order valence-electron chi connectivity index (χ2n) is 17.2. The topological polar surface area (TPSA) is 0 Å². The molecule has 12 rings (SSSR count). The van der Waals surface area contributed by atoms with E-state index >= 15 is 0 Å². The van der Waals surface area contributed by atoms with E-state index in [0.29, 0.717) is 0 Å². The number of hydrogen-bond donors (Lipinski definition) is 0. The van der Waals surface area contributed by atoms with Crippen molar-refractivity contribution in [2.75, 3.05) is 0 Å². The Balaban J connectivity index is 1.04. The van der Waals surface area contributed by atoms with E-state index in [1.54, 1.807) is 0 Å². The smallest absolute Gasteiger partial charge is 0.00259 e. The van der Waals surface area contributed by atoms with Crippen LogP contribution in [0.1, 0.15) is 0 Å². The van der Waals surface area contributed by atoms with Crippen LogP contribution in [0.15, 0.2) is 267 Å². The zero-order chi connectivity index (χ0) is 43.8. The van der Waals surface area contributed by atoms with Gasteiger partial charge in [0.05, 0.1) is 0 Å². The van der Waals surface area contributed by atoms with Crippen LogP contribution in [0.3, 0.4) is 0 Å². The minimum absolute atomic E-state index is 1.17. The lowest BCUT2D eigenvalue weighted by molar-refractivity contribution is 1.55. The van der Waals surface area contributed by atoms with Crippen LogP contribution in [-0.2, 0) is 0 Å². The summed E-state index contributed by atoms with van der Waals surface area (Å²) in [5.41, 5.74) is 19.4. The molecule has 12 aromatic rings. The summed E-state index contributed by atoms with van der Waals surface area (Å²) in [6, 6.07) is 97.8.